The van der Waals surface area contributed by atoms with Gasteiger partial charge in [-0.15, -0.1) is 0 Å². The molecule has 1 amide bonds. The molecule has 2 N–H and O–H groups in total. The van der Waals surface area contributed by atoms with E-state index < -0.39 is 9.84 Å². The van der Waals surface area contributed by atoms with Crippen molar-refractivity contribution in [3.8, 4) is 0 Å². The van der Waals surface area contributed by atoms with Gasteiger partial charge in [-0.05, 0) is 18.9 Å². The van der Waals surface area contributed by atoms with Gasteiger partial charge >= 0.3 is 0 Å². The summed E-state index contributed by atoms with van der Waals surface area (Å²) >= 11 is 0. The van der Waals surface area contributed by atoms with Crippen LogP contribution in [0.1, 0.15) is 34.9 Å². The maximum Gasteiger partial charge on any atom is 0.270 e. The number of piperidine rings is 1. The van der Waals surface area contributed by atoms with E-state index in [1.807, 2.05) is 0 Å². The van der Waals surface area contributed by atoms with Crippen molar-refractivity contribution in [2.24, 2.45) is 0 Å². The molecule has 0 bridgehead atoms. The van der Waals surface area contributed by atoms with Crippen molar-refractivity contribution in [1.82, 2.24) is 20.1 Å². The van der Waals surface area contributed by atoms with Crippen LogP contribution < -0.4 is 5.56 Å². The second kappa shape index (κ2) is 6.23. The summed E-state index contributed by atoms with van der Waals surface area (Å²) < 4.78 is 23.7. The summed E-state index contributed by atoms with van der Waals surface area (Å²) in [5.41, 5.74) is 0.440. The number of pyridine rings is 1. The number of likely N-dealkylation sites (tertiary alicyclic amines) is 1. The van der Waals surface area contributed by atoms with E-state index in [4.69, 9.17) is 0 Å². The van der Waals surface area contributed by atoms with Crippen LogP contribution in [-0.2, 0) is 9.84 Å². The minimum absolute atomic E-state index is 0.134. The van der Waals surface area contributed by atoms with E-state index in [9.17, 15) is 18.0 Å². The zero-order chi connectivity index (χ0) is 17.3. The van der Waals surface area contributed by atoms with Crippen molar-refractivity contribution in [1.29, 1.82) is 0 Å². The summed E-state index contributed by atoms with van der Waals surface area (Å²) in [4.78, 5) is 28.3. The summed E-state index contributed by atoms with van der Waals surface area (Å²) in [6.07, 6.45) is 3.96. The Morgan fingerprint density at radius 1 is 1.38 bits per heavy atom. The molecule has 1 atom stereocenters. The van der Waals surface area contributed by atoms with Gasteiger partial charge in [-0.2, -0.15) is 5.10 Å². The number of hydrogen-bond acceptors (Lipinski definition) is 5. The van der Waals surface area contributed by atoms with Gasteiger partial charge in [0.25, 0.3) is 5.91 Å². The van der Waals surface area contributed by atoms with Crippen LogP contribution in [0.2, 0.25) is 0 Å². The van der Waals surface area contributed by atoms with E-state index in [1.54, 1.807) is 11.0 Å². The van der Waals surface area contributed by atoms with Crippen molar-refractivity contribution in [3.63, 3.8) is 0 Å². The first-order valence-corrected chi connectivity index (χ1v) is 9.47. The highest BCUT2D eigenvalue weighted by Crippen LogP contribution is 2.30. The van der Waals surface area contributed by atoms with Crippen molar-refractivity contribution in [2.75, 3.05) is 19.3 Å². The van der Waals surface area contributed by atoms with E-state index in [-0.39, 0.29) is 28.0 Å². The molecule has 0 aromatic carbocycles. The zero-order valence-electron chi connectivity index (χ0n) is 13.2. The molecular weight excluding hydrogens is 332 g/mol. The van der Waals surface area contributed by atoms with E-state index in [1.165, 1.54) is 18.3 Å². The van der Waals surface area contributed by atoms with Crippen molar-refractivity contribution >= 4 is 15.7 Å². The molecule has 8 nitrogen and oxygen atoms in total. The SMILES string of the molecule is CS(=O)(=O)c1cn[nH]c1[C@@H]1CCCN(C(=O)c2cccc(=O)[nH]2)C1. The Labute approximate surface area is 138 Å². The normalized spacial score (nSPS) is 18.5. The van der Waals surface area contributed by atoms with Gasteiger partial charge in [0, 0.05) is 31.3 Å². The molecule has 1 aliphatic rings. The number of carbonyl (C=O) groups is 1. The number of H-pyrrole nitrogens is 2. The molecule has 2 aromatic heterocycles. The number of nitrogens with one attached hydrogen (secondary N) is 2. The first-order chi connectivity index (χ1) is 11.4. The smallest absolute Gasteiger partial charge is 0.270 e. The van der Waals surface area contributed by atoms with Crippen LogP contribution in [0, 0.1) is 0 Å². The molecule has 1 fully saturated rings. The van der Waals surface area contributed by atoms with E-state index in [2.05, 4.69) is 15.2 Å². The molecule has 0 saturated carbocycles. The number of rotatable bonds is 3. The Morgan fingerprint density at radius 3 is 2.88 bits per heavy atom. The maximum absolute atomic E-state index is 12.6. The van der Waals surface area contributed by atoms with Crippen LogP contribution in [-0.4, -0.2) is 53.8 Å². The number of aromatic nitrogens is 3. The maximum atomic E-state index is 12.6. The third kappa shape index (κ3) is 3.25. The van der Waals surface area contributed by atoms with Gasteiger partial charge in [0.05, 0.1) is 11.9 Å². The van der Waals surface area contributed by atoms with Gasteiger partial charge in [-0.1, -0.05) is 6.07 Å². The molecule has 128 valence electrons. The van der Waals surface area contributed by atoms with Crippen molar-refractivity contribution in [2.45, 2.75) is 23.7 Å². The lowest BCUT2D eigenvalue weighted by atomic mass is 9.94. The third-order valence-electron chi connectivity index (χ3n) is 4.15. The van der Waals surface area contributed by atoms with E-state index in [0.29, 0.717) is 18.8 Å². The van der Waals surface area contributed by atoms with Gasteiger partial charge in [-0.3, -0.25) is 14.7 Å². The number of hydrogen-bond donors (Lipinski definition) is 2. The molecule has 9 heteroatoms. The van der Waals surface area contributed by atoms with Gasteiger partial charge in [-0.25, -0.2) is 8.42 Å². The molecule has 0 spiro atoms. The van der Waals surface area contributed by atoms with Crippen molar-refractivity contribution < 1.29 is 13.2 Å². The molecule has 0 unspecified atom stereocenters. The molecule has 1 saturated heterocycles. The van der Waals surface area contributed by atoms with E-state index in [0.717, 1.165) is 19.1 Å². The Bertz CT molecular complexity index is 915. The van der Waals surface area contributed by atoms with Crippen LogP contribution in [0.3, 0.4) is 0 Å². The Balaban J connectivity index is 1.84. The molecule has 24 heavy (non-hydrogen) atoms. The van der Waals surface area contributed by atoms with E-state index >= 15 is 0 Å². The predicted octanol–water partition coefficient (Wildman–Crippen LogP) is 0.521. The van der Waals surface area contributed by atoms with Gasteiger partial charge in [0.2, 0.25) is 5.56 Å². The quantitative estimate of drug-likeness (QED) is 0.837. The summed E-state index contributed by atoms with van der Waals surface area (Å²) in [6, 6.07) is 4.44. The fourth-order valence-electron chi connectivity index (χ4n) is 3.01. The zero-order valence-corrected chi connectivity index (χ0v) is 14.0. The van der Waals surface area contributed by atoms with Crippen LogP contribution in [0.15, 0.2) is 34.1 Å². The molecular formula is C15H18N4O4S. The molecule has 1 aliphatic heterocycles. The average molecular weight is 350 g/mol. The fraction of sp³-hybridized carbons (Fsp3) is 0.400. The predicted molar refractivity (Wildman–Crippen MR) is 86.6 cm³/mol. The fourth-order valence-corrected chi connectivity index (χ4v) is 3.87. The largest absolute Gasteiger partial charge is 0.337 e. The summed E-state index contributed by atoms with van der Waals surface area (Å²) in [5.74, 6) is -0.400. The first kappa shape index (κ1) is 16.4. The highest BCUT2D eigenvalue weighted by molar-refractivity contribution is 7.90. The van der Waals surface area contributed by atoms with Crippen LogP contribution in [0.4, 0.5) is 0 Å². The lowest BCUT2D eigenvalue weighted by Crippen LogP contribution is -2.40. The number of aromatic amines is 2. The Hall–Kier alpha value is -2.42. The lowest BCUT2D eigenvalue weighted by Gasteiger charge is -2.32. The van der Waals surface area contributed by atoms with Crippen LogP contribution >= 0.6 is 0 Å². The molecule has 2 aromatic rings. The standard InChI is InChI=1S/C15H18N4O4S/c1-24(22,23)12-8-16-18-14(12)10-4-3-7-19(9-10)15(21)11-5-2-6-13(20)17-11/h2,5-6,8,10H,3-4,7,9H2,1H3,(H,16,18)(H,17,20)/t10-/m1/s1. The van der Waals surface area contributed by atoms with Crippen LogP contribution in [0.25, 0.3) is 0 Å². The van der Waals surface area contributed by atoms with Crippen molar-refractivity contribution in [3.05, 3.63) is 46.1 Å². The average Bonchev–Trinajstić information content (AvgIpc) is 3.04. The van der Waals surface area contributed by atoms with Gasteiger partial charge in [0.1, 0.15) is 10.6 Å². The third-order valence-corrected chi connectivity index (χ3v) is 5.27. The number of carbonyl (C=O) groups excluding carboxylic acids is 1. The molecule has 0 aliphatic carbocycles. The Morgan fingerprint density at radius 2 is 2.17 bits per heavy atom. The Kier molecular flexibility index (Phi) is 4.27. The lowest BCUT2D eigenvalue weighted by molar-refractivity contribution is 0.0699. The highest BCUT2D eigenvalue weighted by atomic mass is 32.2. The highest BCUT2D eigenvalue weighted by Gasteiger charge is 2.30. The number of sulfone groups is 1. The van der Waals surface area contributed by atoms with Crippen LogP contribution in [0.5, 0.6) is 0 Å². The topological polar surface area (TPSA) is 116 Å². The summed E-state index contributed by atoms with van der Waals surface area (Å²) in [7, 11) is -3.38. The molecule has 3 heterocycles. The minimum atomic E-state index is -3.38. The molecule has 0 radical (unpaired) electrons. The minimum Gasteiger partial charge on any atom is -0.337 e. The summed E-state index contributed by atoms with van der Waals surface area (Å²) in [6.45, 7) is 0.940. The monoisotopic (exact) mass is 350 g/mol. The first-order valence-electron chi connectivity index (χ1n) is 7.58. The second-order valence-corrected chi connectivity index (χ2v) is 7.92. The second-order valence-electron chi connectivity index (χ2n) is 5.94. The summed E-state index contributed by atoms with van der Waals surface area (Å²) in [5, 5.41) is 6.61. The number of nitrogens with zero attached hydrogens (tertiary/aromatic N) is 2. The molecule has 3 rings (SSSR count). The number of amides is 1. The van der Waals surface area contributed by atoms with Gasteiger partial charge in [0.15, 0.2) is 9.84 Å². The van der Waals surface area contributed by atoms with Gasteiger partial charge < -0.3 is 9.88 Å².